The van der Waals surface area contributed by atoms with Crippen molar-refractivity contribution in [1.29, 1.82) is 0 Å². The van der Waals surface area contributed by atoms with E-state index in [0.29, 0.717) is 16.3 Å². The number of benzene rings is 2. The van der Waals surface area contributed by atoms with Crippen LogP contribution in [0, 0.1) is 5.92 Å². The van der Waals surface area contributed by atoms with Gasteiger partial charge in [0, 0.05) is 16.1 Å². The summed E-state index contributed by atoms with van der Waals surface area (Å²) in [7, 11) is 0. The first-order chi connectivity index (χ1) is 10.6. The van der Waals surface area contributed by atoms with Crippen molar-refractivity contribution in [3.05, 3.63) is 70.2 Å². The Morgan fingerprint density at radius 2 is 1.64 bits per heavy atom. The summed E-state index contributed by atoms with van der Waals surface area (Å²) in [5.41, 5.74) is 2.95. The quantitative estimate of drug-likeness (QED) is 0.772. The summed E-state index contributed by atoms with van der Waals surface area (Å²) in [5.74, 6) is -0.365. The Morgan fingerprint density at radius 3 is 2.36 bits per heavy atom. The van der Waals surface area contributed by atoms with E-state index in [9.17, 15) is 9.59 Å². The van der Waals surface area contributed by atoms with Crippen LogP contribution >= 0.6 is 23.4 Å². The first kappa shape index (κ1) is 13.7. The summed E-state index contributed by atoms with van der Waals surface area (Å²) >= 11 is 7.03. The minimum absolute atomic E-state index is 0.0364. The third-order valence-electron chi connectivity index (χ3n) is 3.99. The normalized spacial score (nSPS) is 23.0. The number of nitrogens with zero attached hydrogens (tertiary/aromatic N) is 1. The van der Waals surface area contributed by atoms with Gasteiger partial charge in [0.2, 0.25) is 0 Å². The fourth-order valence-corrected chi connectivity index (χ4v) is 4.18. The Bertz CT molecular complexity index is 829. The summed E-state index contributed by atoms with van der Waals surface area (Å²) < 4.78 is 0. The number of aliphatic imine (C=N–C) groups is 1. The van der Waals surface area contributed by atoms with Gasteiger partial charge < -0.3 is 0 Å². The van der Waals surface area contributed by atoms with E-state index in [4.69, 9.17) is 11.6 Å². The molecule has 0 aromatic heterocycles. The van der Waals surface area contributed by atoms with Crippen LogP contribution in [0.15, 0.2) is 53.5 Å². The van der Waals surface area contributed by atoms with E-state index in [-0.39, 0.29) is 16.3 Å². The van der Waals surface area contributed by atoms with E-state index in [1.807, 2.05) is 30.3 Å². The van der Waals surface area contributed by atoms with Crippen LogP contribution in [0.1, 0.15) is 26.7 Å². The molecule has 0 bridgehead atoms. The summed E-state index contributed by atoms with van der Waals surface area (Å²) in [6.45, 7) is 0. The third kappa shape index (κ3) is 2.02. The standard InChI is InChI=1S/C17H10ClNO2S/c18-10-7-5-9(6-8-10)16-13-14(19-17(21)22-16)11-3-1-2-4-12(11)15(13)20/h1-8,13,16H/t13?,16-/m0/s1. The molecule has 0 N–H and O–H groups in total. The van der Waals surface area contributed by atoms with E-state index in [0.717, 1.165) is 22.9 Å². The van der Waals surface area contributed by atoms with Crippen LogP contribution in [-0.2, 0) is 0 Å². The number of ketones is 1. The van der Waals surface area contributed by atoms with Crippen molar-refractivity contribution in [3.63, 3.8) is 0 Å². The maximum atomic E-state index is 12.8. The molecule has 5 heteroatoms. The zero-order valence-electron chi connectivity index (χ0n) is 11.3. The van der Waals surface area contributed by atoms with Crippen LogP contribution in [0.2, 0.25) is 5.02 Å². The number of hydrogen-bond acceptors (Lipinski definition) is 3. The van der Waals surface area contributed by atoms with Crippen LogP contribution in [0.25, 0.3) is 0 Å². The van der Waals surface area contributed by atoms with Crippen LogP contribution < -0.4 is 0 Å². The molecule has 0 saturated carbocycles. The van der Waals surface area contributed by atoms with Crippen molar-refractivity contribution >= 4 is 40.1 Å². The number of fused-ring (bicyclic) bond motifs is 3. The van der Waals surface area contributed by atoms with Gasteiger partial charge in [-0.2, -0.15) is 0 Å². The summed E-state index contributed by atoms with van der Waals surface area (Å²) in [6.07, 6.45) is 0. The van der Waals surface area contributed by atoms with Crippen molar-refractivity contribution in [2.45, 2.75) is 5.25 Å². The first-order valence-corrected chi connectivity index (χ1v) is 8.09. The maximum Gasteiger partial charge on any atom is 0.305 e. The smallest absolute Gasteiger partial charge is 0.293 e. The Balaban J connectivity index is 1.85. The van der Waals surface area contributed by atoms with Gasteiger partial charge in [-0.1, -0.05) is 59.8 Å². The van der Waals surface area contributed by atoms with Crippen LogP contribution in [0.4, 0.5) is 4.79 Å². The Labute approximate surface area is 136 Å². The Hall–Kier alpha value is -1.91. The number of carbonyl (C=O) groups excluding carboxylic acids is 2. The van der Waals surface area contributed by atoms with E-state index >= 15 is 0 Å². The van der Waals surface area contributed by atoms with Crippen molar-refractivity contribution < 1.29 is 9.59 Å². The van der Waals surface area contributed by atoms with Gasteiger partial charge in [-0.25, -0.2) is 4.99 Å². The largest absolute Gasteiger partial charge is 0.305 e. The highest BCUT2D eigenvalue weighted by Gasteiger charge is 2.46. The lowest BCUT2D eigenvalue weighted by atomic mass is 9.93. The second-order valence-corrected chi connectivity index (χ2v) is 6.77. The third-order valence-corrected chi connectivity index (χ3v) is 5.33. The van der Waals surface area contributed by atoms with Gasteiger partial charge in [-0.3, -0.25) is 9.59 Å². The Kier molecular flexibility index (Phi) is 3.17. The second-order valence-electron chi connectivity index (χ2n) is 5.24. The van der Waals surface area contributed by atoms with Gasteiger partial charge in [-0.05, 0) is 17.7 Å². The highest BCUT2D eigenvalue weighted by atomic mass is 35.5. The maximum absolute atomic E-state index is 12.8. The lowest BCUT2D eigenvalue weighted by molar-refractivity contribution is 0.0960. The average Bonchev–Trinajstić information content (AvgIpc) is 2.81. The SMILES string of the molecule is O=C1N=C2c3ccccc3C(=O)C2[C@H](c2ccc(Cl)cc2)S1. The highest BCUT2D eigenvalue weighted by molar-refractivity contribution is 8.14. The Morgan fingerprint density at radius 1 is 0.955 bits per heavy atom. The molecule has 1 unspecified atom stereocenters. The van der Waals surface area contributed by atoms with Gasteiger partial charge in [0.1, 0.15) is 0 Å². The lowest BCUT2D eigenvalue weighted by Crippen LogP contribution is -2.27. The summed E-state index contributed by atoms with van der Waals surface area (Å²) in [4.78, 5) is 28.9. The number of amides is 1. The second kappa shape index (κ2) is 5.07. The molecule has 0 radical (unpaired) electrons. The lowest BCUT2D eigenvalue weighted by Gasteiger charge is -2.25. The molecule has 2 aliphatic rings. The van der Waals surface area contributed by atoms with Gasteiger partial charge in [0.25, 0.3) is 0 Å². The van der Waals surface area contributed by atoms with Crippen molar-refractivity contribution in [2.75, 3.05) is 0 Å². The molecule has 1 aliphatic carbocycles. The molecule has 1 aliphatic heterocycles. The molecule has 3 nitrogen and oxygen atoms in total. The zero-order valence-corrected chi connectivity index (χ0v) is 12.9. The van der Waals surface area contributed by atoms with Crippen molar-refractivity contribution in [1.82, 2.24) is 0 Å². The van der Waals surface area contributed by atoms with Crippen LogP contribution in [0.3, 0.4) is 0 Å². The highest BCUT2D eigenvalue weighted by Crippen LogP contribution is 2.47. The average molecular weight is 328 g/mol. The predicted molar refractivity (Wildman–Crippen MR) is 88.0 cm³/mol. The van der Waals surface area contributed by atoms with E-state index in [1.165, 1.54) is 0 Å². The molecular formula is C17H10ClNO2S. The zero-order chi connectivity index (χ0) is 15.3. The van der Waals surface area contributed by atoms with Crippen LogP contribution in [-0.4, -0.2) is 16.7 Å². The number of carbonyl (C=O) groups is 2. The van der Waals surface area contributed by atoms with Gasteiger partial charge >= 0.3 is 5.24 Å². The van der Waals surface area contributed by atoms with Crippen molar-refractivity contribution in [3.8, 4) is 0 Å². The molecule has 22 heavy (non-hydrogen) atoms. The number of thioether (sulfide) groups is 1. The van der Waals surface area contributed by atoms with E-state index in [2.05, 4.69) is 4.99 Å². The number of rotatable bonds is 1. The number of Topliss-reactive ketones (excluding diaryl/α,β-unsaturated/α-hetero) is 1. The monoisotopic (exact) mass is 327 g/mol. The molecule has 108 valence electrons. The van der Waals surface area contributed by atoms with Gasteiger partial charge in [-0.15, -0.1) is 0 Å². The molecule has 4 rings (SSSR count). The molecule has 0 saturated heterocycles. The molecular weight excluding hydrogens is 318 g/mol. The molecule has 2 aromatic rings. The molecule has 2 aromatic carbocycles. The summed E-state index contributed by atoms with van der Waals surface area (Å²) in [5, 5.41) is 0.124. The van der Waals surface area contributed by atoms with E-state index in [1.54, 1.807) is 18.2 Å². The predicted octanol–water partition coefficient (Wildman–Crippen LogP) is 4.55. The van der Waals surface area contributed by atoms with Gasteiger partial charge in [0.15, 0.2) is 5.78 Å². The van der Waals surface area contributed by atoms with Crippen LogP contribution in [0.5, 0.6) is 0 Å². The topological polar surface area (TPSA) is 46.5 Å². The molecule has 1 amide bonds. The number of halogens is 1. The molecule has 0 fully saturated rings. The number of hydrogen-bond donors (Lipinski definition) is 0. The molecule has 0 spiro atoms. The fourth-order valence-electron chi connectivity index (χ4n) is 3.01. The van der Waals surface area contributed by atoms with Gasteiger partial charge in [0.05, 0.1) is 16.9 Å². The molecule has 1 heterocycles. The minimum atomic E-state index is -0.402. The fraction of sp³-hybridized carbons (Fsp3) is 0.118. The van der Waals surface area contributed by atoms with Crippen molar-refractivity contribution in [2.24, 2.45) is 10.9 Å². The van der Waals surface area contributed by atoms with E-state index < -0.39 is 5.92 Å². The first-order valence-electron chi connectivity index (χ1n) is 6.83. The molecule has 2 atom stereocenters. The minimum Gasteiger partial charge on any atom is -0.293 e. The summed E-state index contributed by atoms with van der Waals surface area (Å²) in [6, 6.07) is 14.6.